The minimum atomic E-state index is -4.91. The van der Waals surface area contributed by atoms with Crippen LogP contribution in [-0.2, 0) is 29.8 Å². The number of carbonyl (C=O) groups is 2. The van der Waals surface area contributed by atoms with Gasteiger partial charge in [-0.15, -0.1) is 0 Å². The standard InChI is InChI=1S/C6H4O8S2.2K.2H/c7-3-1-5(15(9,10)11)4(8)2-6(3)16(12,13)14;;;;/h1-2H,(H,9,10,11)(H,12,13,14);;;;/q;2*+1;2*-1. The number of rotatable bonds is 2. The van der Waals surface area contributed by atoms with E-state index in [1.807, 2.05) is 0 Å². The van der Waals surface area contributed by atoms with Gasteiger partial charge in [-0.05, 0) is 0 Å². The summed E-state index contributed by atoms with van der Waals surface area (Å²) in [5.74, 6) is -2.82. The van der Waals surface area contributed by atoms with Gasteiger partial charge in [0.2, 0.25) is 11.6 Å². The molecule has 0 saturated heterocycles. The van der Waals surface area contributed by atoms with Crippen molar-refractivity contribution >= 4 is 31.8 Å². The Kier molecular flexibility index (Phi) is 9.61. The second-order valence-electron chi connectivity index (χ2n) is 2.70. The normalized spacial score (nSPS) is 16.1. The van der Waals surface area contributed by atoms with Crippen LogP contribution in [0.2, 0.25) is 0 Å². The van der Waals surface area contributed by atoms with Crippen LogP contribution in [0.1, 0.15) is 2.85 Å². The summed E-state index contributed by atoms with van der Waals surface area (Å²) in [4.78, 5) is 19.6. The van der Waals surface area contributed by atoms with E-state index in [4.69, 9.17) is 9.11 Å². The van der Waals surface area contributed by atoms with Crippen LogP contribution >= 0.6 is 0 Å². The third-order valence-corrected chi connectivity index (χ3v) is 3.32. The summed E-state index contributed by atoms with van der Waals surface area (Å²) in [7, 11) is -9.81. The van der Waals surface area contributed by atoms with E-state index in [0.717, 1.165) is 0 Å². The first-order chi connectivity index (χ1) is 7.03. The molecule has 0 unspecified atom stereocenters. The summed E-state index contributed by atoms with van der Waals surface area (Å²) in [6, 6.07) is 0. The van der Waals surface area contributed by atoms with Crippen molar-refractivity contribution in [2.75, 3.05) is 0 Å². The molecule has 0 amide bonds. The molecule has 0 fully saturated rings. The fourth-order valence-corrected chi connectivity index (χ4v) is 2.06. The zero-order valence-corrected chi connectivity index (χ0v) is 17.2. The van der Waals surface area contributed by atoms with Gasteiger partial charge in [-0.3, -0.25) is 18.7 Å². The van der Waals surface area contributed by atoms with Crippen LogP contribution in [0.25, 0.3) is 0 Å². The molecule has 12 heteroatoms. The fraction of sp³-hybridized carbons (Fsp3) is 0. The van der Waals surface area contributed by atoms with E-state index in [0.29, 0.717) is 0 Å². The number of ketones is 2. The van der Waals surface area contributed by atoms with Crippen LogP contribution in [-0.4, -0.2) is 37.5 Å². The molecule has 0 spiro atoms. The molecule has 1 aliphatic rings. The van der Waals surface area contributed by atoms with Crippen LogP contribution in [0.4, 0.5) is 0 Å². The summed E-state index contributed by atoms with van der Waals surface area (Å²) in [5, 5.41) is 0. The monoisotopic (exact) mass is 348 g/mol. The van der Waals surface area contributed by atoms with E-state index < -0.39 is 41.6 Å². The second-order valence-corrected chi connectivity index (χ2v) is 5.48. The largest absolute Gasteiger partial charge is 1.00 e. The molecular weight excluding hydrogens is 342 g/mol. The second kappa shape index (κ2) is 7.79. The SMILES string of the molecule is O=C1C=C(S(=O)(=O)O)C(=O)C=C1S(=O)(=O)O.[H-].[H-].[K+].[K+]. The molecule has 0 atom stereocenters. The predicted molar refractivity (Wildman–Crippen MR) is 51.5 cm³/mol. The van der Waals surface area contributed by atoms with Crippen molar-refractivity contribution in [3.8, 4) is 0 Å². The molecule has 0 aromatic carbocycles. The molecule has 0 aromatic heterocycles. The quantitative estimate of drug-likeness (QED) is 0.285. The van der Waals surface area contributed by atoms with Crippen LogP contribution < -0.4 is 103 Å². The Labute approximate surface area is 191 Å². The zero-order chi connectivity index (χ0) is 12.7. The maximum Gasteiger partial charge on any atom is 1.00 e. The van der Waals surface area contributed by atoms with Crippen LogP contribution in [0.5, 0.6) is 0 Å². The first-order valence-corrected chi connectivity index (χ1v) is 6.38. The maximum atomic E-state index is 11.0. The van der Waals surface area contributed by atoms with Crippen molar-refractivity contribution in [2.45, 2.75) is 0 Å². The van der Waals surface area contributed by atoms with Gasteiger partial charge >= 0.3 is 103 Å². The summed E-state index contributed by atoms with van der Waals surface area (Å²) in [6.45, 7) is 0. The third kappa shape index (κ3) is 5.73. The molecule has 0 saturated carbocycles. The van der Waals surface area contributed by atoms with Gasteiger partial charge in [-0.1, -0.05) is 0 Å². The Balaban J connectivity index is -0.000000320. The van der Waals surface area contributed by atoms with E-state index in [-0.39, 0.29) is 118 Å². The molecule has 0 aromatic rings. The number of carbonyl (C=O) groups excluding carboxylic acids is 2. The first-order valence-electron chi connectivity index (χ1n) is 3.50. The molecule has 1 aliphatic carbocycles. The molecular formula is C6H6K2O8S2. The summed E-state index contributed by atoms with van der Waals surface area (Å²) in [6.07, 6.45) is 0.252. The van der Waals surface area contributed by atoms with E-state index in [2.05, 4.69) is 0 Å². The van der Waals surface area contributed by atoms with Crippen molar-refractivity contribution in [1.29, 1.82) is 0 Å². The molecule has 92 valence electrons. The van der Waals surface area contributed by atoms with Gasteiger partial charge in [0.25, 0.3) is 20.2 Å². The molecule has 8 nitrogen and oxygen atoms in total. The zero-order valence-electron chi connectivity index (χ0n) is 11.3. The van der Waals surface area contributed by atoms with Crippen LogP contribution in [0.3, 0.4) is 0 Å². The Morgan fingerprint density at radius 3 is 1.17 bits per heavy atom. The van der Waals surface area contributed by atoms with Gasteiger partial charge in [-0.2, -0.15) is 16.8 Å². The molecule has 0 heterocycles. The van der Waals surface area contributed by atoms with Gasteiger partial charge in [0, 0.05) is 12.2 Å². The van der Waals surface area contributed by atoms with E-state index in [1.54, 1.807) is 0 Å². The number of hydrogen-bond donors (Lipinski definition) is 2. The minimum Gasteiger partial charge on any atom is -1.00 e. The number of allylic oxidation sites excluding steroid dienone is 4. The number of hydrogen-bond acceptors (Lipinski definition) is 6. The smallest absolute Gasteiger partial charge is 1.00 e. The average molecular weight is 348 g/mol. The van der Waals surface area contributed by atoms with Crippen molar-refractivity contribution in [2.24, 2.45) is 0 Å². The Morgan fingerprint density at radius 2 is 1.00 bits per heavy atom. The van der Waals surface area contributed by atoms with E-state index in [1.165, 1.54) is 0 Å². The fourth-order valence-electron chi connectivity index (χ4n) is 0.926. The summed E-state index contributed by atoms with van der Waals surface area (Å²) in [5.41, 5.74) is 0. The van der Waals surface area contributed by atoms with Gasteiger partial charge in [0.1, 0.15) is 9.81 Å². The van der Waals surface area contributed by atoms with Crippen LogP contribution in [0, 0.1) is 0 Å². The Bertz CT molecular complexity index is 590. The van der Waals surface area contributed by atoms with E-state index >= 15 is 0 Å². The van der Waals surface area contributed by atoms with Crippen molar-refractivity contribution in [3.63, 3.8) is 0 Å². The Morgan fingerprint density at radius 1 is 0.778 bits per heavy atom. The van der Waals surface area contributed by atoms with Crippen molar-refractivity contribution in [1.82, 2.24) is 0 Å². The molecule has 2 N–H and O–H groups in total. The predicted octanol–water partition coefficient (Wildman–Crippen LogP) is -7.09. The van der Waals surface area contributed by atoms with Gasteiger partial charge in [0.05, 0.1) is 0 Å². The third-order valence-electron chi connectivity index (χ3n) is 1.57. The molecule has 18 heavy (non-hydrogen) atoms. The summed E-state index contributed by atoms with van der Waals surface area (Å²) < 4.78 is 59.3. The van der Waals surface area contributed by atoms with Crippen molar-refractivity contribution in [3.05, 3.63) is 22.0 Å². The molecule has 0 aliphatic heterocycles. The van der Waals surface area contributed by atoms with Crippen LogP contribution in [0.15, 0.2) is 22.0 Å². The molecule has 0 bridgehead atoms. The Hall–Kier alpha value is 1.91. The molecule has 1 rings (SSSR count). The first kappa shape index (κ1) is 22.2. The van der Waals surface area contributed by atoms with Gasteiger partial charge in [-0.25, -0.2) is 0 Å². The summed E-state index contributed by atoms with van der Waals surface area (Å²) >= 11 is 0. The minimum absolute atomic E-state index is 0. The van der Waals surface area contributed by atoms with Crippen molar-refractivity contribution < 1.29 is 141 Å². The topological polar surface area (TPSA) is 143 Å². The van der Waals surface area contributed by atoms with Gasteiger partial charge < -0.3 is 2.85 Å². The van der Waals surface area contributed by atoms with E-state index in [9.17, 15) is 26.4 Å². The molecule has 0 radical (unpaired) electrons. The maximum absolute atomic E-state index is 11.0. The average Bonchev–Trinajstić information content (AvgIpc) is 2.04. The van der Waals surface area contributed by atoms with Gasteiger partial charge in [0.15, 0.2) is 0 Å².